The lowest BCUT2D eigenvalue weighted by atomic mass is 10.1. The highest BCUT2D eigenvalue weighted by Gasteiger charge is 2.11. The molecule has 0 fully saturated rings. The van der Waals surface area contributed by atoms with Gasteiger partial charge in [0.1, 0.15) is 0 Å². The number of non-ortho nitro benzene ring substituents is 1. The van der Waals surface area contributed by atoms with Gasteiger partial charge in [-0.05, 0) is 12.5 Å². The second-order valence-corrected chi connectivity index (χ2v) is 3.27. The molecule has 1 N–H and O–H groups in total. The maximum Gasteiger partial charge on any atom is 0.269 e. The predicted octanol–water partition coefficient (Wildman–Crippen LogP) is 1.79. The maximum absolute atomic E-state index is 10.8. The van der Waals surface area contributed by atoms with Gasteiger partial charge in [-0.1, -0.05) is 12.1 Å². The van der Waals surface area contributed by atoms with Gasteiger partial charge in [0, 0.05) is 19.1 Å². The second kappa shape index (κ2) is 4.54. The van der Waals surface area contributed by atoms with Gasteiger partial charge in [0.2, 0.25) is 5.91 Å². The van der Waals surface area contributed by atoms with Gasteiger partial charge in [-0.3, -0.25) is 14.9 Å². The van der Waals surface area contributed by atoms with Gasteiger partial charge in [-0.2, -0.15) is 0 Å². The standard InChI is InChI=1S/C10H12N2O3/c1-7(11-8(2)13)9-4-3-5-10(6-9)12(14)15/h3-7H,1-2H3,(H,11,13). The molecule has 1 rings (SSSR count). The van der Waals surface area contributed by atoms with Crippen LogP contribution >= 0.6 is 0 Å². The number of hydrogen-bond acceptors (Lipinski definition) is 3. The highest BCUT2D eigenvalue weighted by molar-refractivity contribution is 5.73. The van der Waals surface area contributed by atoms with E-state index in [2.05, 4.69) is 5.32 Å². The zero-order valence-electron chi connectivity index (χ0n) is 8.56. The Bertz CT molecular complexity index is 390. The summed E-state index contributed by atoms with van der Waals surface area (Å²) in [7, 11) is 0. The van der Waals surface area contributed by atoms with Crippen molar-refractivity contribution < 1.29 is 9.72 Å². The Balaban J connectivity index is 2.89. The van der Waals surface area contributed by atoms with E-state index in [0.717, 1.165) is 5.56 Å². The molecular formula is C10H12N2O3. The monoisotopic (exact) mass is 208 g/mol. The minimum absolute atomic E-state index is 0.0321. The maximum atomic E-state index is 10.8. The van der Waals surface area contributed by atoms with Crippen LogP contribution < -0.4 is 5.32 Å². The lowest BCUT2D eigenvalue weighted by molar-refractivity contribution is -0.384. The molecule has 1 aromatic rings. The van der Waals surface area contributed by atoms with E-state index in [1.165, 1.54) is 19.1 Å². The summed E-state index contributed by atoms with van der Waals surface area (Å²) in [5.41, 5.74) is 0.754. The number of rotatable bonds is 3. The lowest BCUT2D eigenvalue weighted by Gasteiger charge is -2.12. The first-order valence-electron chi connectivity index (χ1n) is 4.52. The van der Waals surface area contributed by atoms with Crippen LogP contribution in [0.15, 0.2) is 24.3 Å². The van der Waals surface area contributed by atoms with E-state index in [1.807, 2.05) is 0 Å². The third-order valence-corrected chi connectivity index (χ3v) is 2.00. The SMILES string of the molecule is CC(=O)NC(C)c1cccc([N+](=O)[O-])c1. The quantitative estimate of drug-likeness (QED) is 0.608. The lowest BCUT2D eigenvalue weighted by Crippen LogP contribution is -2.23. The molecule has 0 aromatic heterocycles. The number of nitrogens with zero attached hydrogens (tertiary/aromatic N) is 1. The van der Waals surface area contributed by atoms with Crippen LogP contribution in [0.25, 0.3) is 0 Å². The molecule has 5 nitrogen and oxygen atoms in total. The average Bonchev–Trinajstić information content (AvgIpc) is 2.17. The van der Waals surface area contributed by atoms with E-state index in [1.54, 1.807) is 19.1 Å². The van der Waals surface area contributed by atoms with Crippen LogP contribution in [0.2, 0.25) is 0 Å². The third-order valence-electron chi connectivity index (χ3n) is 2.00. The fourth-order valence-corrected chi connectivity index (χ4v) is 1.30. The van der Waals surface area contributed by atoms with Gasteiger partial charge in [0.15, 0.2) is 0 Å². The molecule has 0 radical (unpaired) electrons. The van der Waals surface area contributed by atoms with E-state index in [-0.39, 0.29) is 17.6 Å². The van der Waals surface area contributed by atoms with Gasteiger partial charge in [0.25, 0.3) is 5.69 Å². The van der Waals surface area contributed by atoms with E-state index in [0.29, 0.717) is 0 Å². The number of amides is 1. The van der Waals surface area contributed by atoms with Crippen LogP contribution in [0.5, 0.6) is 0 Å². The minimum Gasteiger partial charge on any atom is -0.350 e. The average molecular weight is 208 g/mol. The Morgan fingerprint density at radius 2 is 2.20 bits per heavy atom. The summed E-state index contributed by atoms with van der Waals surface area (Å²) in [6.07, 6.45) is 0. The van der Waals surface area contributed by atoms with Crippen LogP contribution in [0.3, 0.4) is 0 Å². The fraction of sp³-hybridized carbons (Fsp3) is 0.300. The van der Waals surface area contributed by atoms with Crippen LogP contribution in [0.4, 0.5) is 5.69 Å². The highest BCUT2D eigenvalue weighted by Crippen LogP contribution is 2.18. The highest BCUT2D eigenvalue weighted by atomic mass is 16.6. The summed E-state index contributed by atoms with van der Waals surface area (Å²) >= 11 is 0. The van der Waals surface area contributed by atoms with Gasteiger partial charge in [-0.25, -0.2) is 0 Å². The molecule has 0 spiro atoms. The predicted molar refractivity (Wildman–Crippen MR) is 55.3 cm³/mol. The molecule has 15 heavy (non-hydrogen) atoms. The summed E-state index contributed by atoms with van der Waals surface area (Å²) in [4.78, 5) is 20.9. The van der Waals surface area contributed by atoms with Crippen LogP contribution in [-0.2, 0) is 4.79 Å². The number of carbonyl (C=O) groups excluding carboxylic acids is 1. The Labute approximate surface area is 87.3 Å². The zero-order chi connectivity index (χ0) is 11.4. The van der Waals surface area contributed by atoms with Crippen molar-refractivity contribution in [1.29, 1.82) is 0 Å². The van der Waals surface area contributed by atoms with Crippen LogP contribution in [0, 0.1) is 10.1 Å². The normalized spacial score (nSPS) is 11.9. The number of nitro groups is 1. The number of benzene rings is 1. The molecule has 0 aliphatic heterocycles. The Kier molecular flexibility index (Phi) is 3.38. The molecule has 0 bridgehead atoms. The molecule has 1 atom stereocenters. The van der Waals surface area contributed by atoms with Gasteiger partial charge in [0.05, 0.1) is 11.0 Å². The molecule has 1 aromatic carbocycles. The van der Waals surface area contributed by atoms with E-state index in [4.69, 9.17) is 0 Å². The molecule has 5 heteroatoms. The number of carbonyl (C=O) groups is 1. The van der Waals surface area contributed by atoms with Crippen LogP contribution in [0.1, 0.15) is 25.5 Å². The fourth-order valence-electron chi connectivity index (χ4n) is 1.30. The van der Waals surface area contributed by atoms with Crippen molar-refractivity contribution in [2.45, 2.75) is 19.9 Å². The zero-order valence-corrected chi connectivity index (χ0v) is 8.56. The third kappa shape index (κ3) is 3.05. The summed E-state index contributed by atoms with van der Waals surface area (Å²) in [6, 6.07) is 6.01. The Morgan fingerprint density at radius 3 is 2.73 bits per heavy atom. The molecule has 0 saturated carbocycles. The van der Waals surface area contributed by atoms with Gasteiger partial charge < -0.3 is 5.32 Å². The first-order chi connectivity index (χ1) is 7.00. The van der Waals surface area contributed by atoms with Crippen molar-refractivity contribution in [1.82, 2.24) is 5.32 Å². The van der Waals surface area contributed by atoms with Gasteiger partial charge in [-0.15, -0.1) is 0 Å². The topological polar surface area (TPSA) is 72.2 Å². The van der Waals surface area contributed by atoms with Crippen LogP contribution in [-0.4, -0.2) is 10.8 Å². The number of nitrogens with one attached hydrogen (secondary N) is 1. The summed E-state index contributed by atoms with van der Waals surface area (Å²) < 4.78 is 0. The Morgan fingerprint density at radius 1 is 1.53 bits per heavy atom. The summed E-state index contributed by atoms with van der Waals surface area (Å²) in [6.45, 7) is 3.19. The molecule has 0 heterocycles. The first kappa shape index (κ1) is 11.2. The number of hydrogen-bond donors (Lipinski definition) is 1. The van der Waals surface area contributed by atoms with Crippen molar-refractivity contribution in [3.05, 3.63) is 39.9 Å². The molecule has 1 amide bonds. The van der Waals surface area contributed by atoms with Crippen molar-refractivity contribution in [2.24, 2.45) is 0 Å². The second-order valence-electron chi connectivity index (χ2n) is 3.27. The number of nitro benzene ring substituents is 1. The molecule has 1 unspecified atom stereocenters. The van der Waals surface area contributed by atoms with E-state index in [9.17, 15) is 14.9 Å². The summed E-state index contributed by atoms with van der Waals surface area (Å²) in [5, 5.41) is 13.2. The van der Waals surface area contributed by atoms with Crippen molar-refractivity contribution in [3.8, 4) is 0 Å². The van der Waals surface area contributed by atoms with Crippen molar-refractivity contribution in [3.63, 3.8) is 0 Å². The molecule has 0 aliphatic carbocycles. The largest absolute Gasteiger partial charge is 0.350 e. The molecule has 0 aliphatic rings. The van der Waals surface area contributed by atoms with Crippen molar-refractivity contribution >= 4 is 11.6 Å². The van der Waals surface area contributed by atoms with Crippen molar-refractivity contribution in [2.75, 3.05) is 0 Å². The van der Waals surface area contributed by atoms with Gasteiger partial charge >= 0.3 is 0 Å². The molecule has 80 valence electrons. The first-order valence-corrected chi connectivity index (χ1v) is 4.52. The van der Waals surface area contributed by atoms with E-state index >= 15 is 0 Å². The molecular weight excluding hydrogens is 196 g/mol. The summed E-state index contributed by atoms with van der Waals surface area (Å²) in [5.74, 6) is -0.158. The minimum atomic E-state index is -0.454. The van der Waals surface area contributed by atoms with E-state index < -0.39 is 4.92 Å². The smallest absolute Gasteiger partial charge is 0.269 e. The molecule has 0 saturated heterocycles. The Hall–Kier alpha value is -1.91.